The maximum atomic E-state index is 13.0. The summed E-state index contributed by atoms with van der Waals surface area (Å²) < 4.78 is 0. The Morgan fingerprint density at radius 3 is 2.32 bits per heavy atom. The molecule has 8 N–H and O–H groups in total. The molecule has 326 valence electrons. The number of hydrogen-bond donors (Lipinski definition) is 8. The summed E-state index contributed by atoms with van der Waals surface area (Å²) in [4.78, 5) is 54.3. The van der Waals surface area contributed by atoms with Crippen molar-refractivity contribution in [1.82, 2.24) is 20.5 Å². The third-order valence-corrected chi connectivity index (χ3v) is 11.7. The lowest BCUT2D eigenvalue weighted by molar-refractivity contribution is -0.121. The molecule has 63 heavy (non-hydrogen) atoms. The number of carbonyl (C=O) groups is 3. The van der Waals surface area contributed by atoms with Gasteiger partial charge in [0.25, 0.3) is 0 Å². The molecule has 3 amide bonds. The van der Waals surface area contributed by atoms with Crippen molar-refractivity contribution >= 4 is 40.2 Å². The number of phenolic OH excluding ortho intramolecular Hbond substituents is 1. The Kier molecular flexibility index (Phi) is 14.6. The van der Waals surface area contributed by atoms with Crippen LogP contribution >= 0.6 is 0 Å². The summed E-state index contributed by atoms with van der Waals surface area (Å²) in [6.45, 7) is 4.89. The number of anilines is 2. The Labute approximate surface area is 366 Å². The molecule has 0 radical (unpaired) electrons. The van der Waals surface area contributed by atoms with Crippen molar-refractivity contribution in [3.63, 3.8) is 0 Å². The highest BCUT2D eigenvalue weighted by molar-refractivity contribution is 5.93. The molecule has 1 aliphatic rings. The highest BCUT2D eigenvalue weighted by Gasteiger charge is 2.25. The number of aliphatic hydroxyl groups is 1. The molecule has 1 saturated heterocycles. The zero-order valence-corrected chi connectivity index (χ0v) is 35.3. The van der Waals surface area contributed by atoms with E-state index in [1.165, 1.54) is 12.1 Å². The molecular weight excluding hydrogens is 797 g/mol. The van der Waals surface area contributed by atoms with Crippen molar-refractivity contribution in [3.8, 4) is 16.9 Å². The first kappa shape index (κ1) is 44.3. The lowest BCUT2D eigenvalue weighted by atomic mass is 9.86. The Hall–Kier alpha value is -6.80. The number of pyridine rings is 1. The van der Waals surface area contributed by atoms with Crippen molar-refractivity contribution in [1.29, 1.82) is 0 Å². The zero-order valence-electron chi connectivity index (χ0n) is 35.3. The van der Waals surface area contributed by atoms with Gasteiger partial charge in [-0.05, 0) is 103 Å². The third kappa shape index (κ3) is 12.0. The van der Waals surface area contributed by atoms with Gasteiger partial charge in [0.1, 0.15) is 5.75 Å². The first-order chi connectivity index (χ1) is 30.5. The number of aromatic amines is 1. The highest BCUT2D eigenvalue weighted by atomic mass is 16.4. The number of benzene rings is 5. The number of carbonyl (C=O) groups excluding carboxylic acids is 2. The predicted octanol–water partition coefficient (Wildman–Crippen LogP) is 7.31. The van der Waals surface area contributed by atoms with Crippen LogP contribution in [0.4, 0.5) is 16.2 Å². The van der Waals surface area contributed by atoms with Crippen LogP contribution in [0.15, 0.2) is 126 Å². The van der Waals surface area contributed by atoms with Crippen molar-refractivity contribution in [3.05, 3.63) is 159 Å². The number of aromatic nitrogens is 1. The maximum absolute atomic E-state index is 13.0. The van der Waals surface area contributed by atoms with Crippen molar-refractivity contribution < 1.29 is 29.7 Å². The molecule has 2 heterocycles. The Balaban J connectivity index is 0.816. The molecule has 13 heteroatoms. The van der Waals surface area contributed by atoms with Crippen molar-refractivity contribution in [2.75, 3.05) is 36.8 Å². The van der Waals surface area contributed by atoms with Crippen LogP contribution in [0.2, 0.25) is 0 Å². The predicted molar refractivity (Wildman–Crippen MR) is 246 cm³/mol. The van der Waals surface area contributed by atoms with Gasteiger partial charge in [-0.25, -0.2) is 4.79 Å². The van der Waals surface area contributed by atoms with Gasteiger partial charge in [-0.3, -0.25) is 19.7 Å². The zero-order chi connectivity index (χ0) is 44.3. The summed E-state index contributed by atoms with van der Waals surface area (Å²) >= 11 is 0. The van der Waals surface area contributed by atoms with Gasteiger partial charge in [0, 0.05) is 54.8 Å². The van der Waals surface area contributed by atoms with Gasteiger partial charge < -0.3 is 41.2 Å². The number of rotatable bonds is 17. The summed E-state index contributed by atoms with van der Waals surface area (Å²) in [5, 5.41) is 43.3. The van der Waals surface area contributed by atoms with Crippen LogP contribution in [0, 0.1) is 0 Å². The number of fused-ring (bicyclic) bond motifs is 1. The number of nitrogens with one attached hydrogen (secondary N) is 5. The van der Waals surface area contributed by atoms with Gasteiger partial charge in [0.05, 0.1) is 23.7 Å². The highest BCUT2D eigenvalue weighted by Crippen LogP contribution is 2.39. The van der Waals surface area contributed by atoms with E-state index in [0.717, 1.165) is 59.3 Å². The van der Waals surface area contributed by atoms with E-state index in [-0.39, 0.29) is 48.0 Å². The van der Waals surface area contributed by atoms with Crippen LogP contribution in [-0.4, -0.2) is 75.3 Å². The summed E-state index contributed by atoms with van der Waals surface area (Å²) in [5.74, 6) is -0.0597. The lowest BCUT2D eigenvalue weighted by Crippen LogP contribution is -2.36. The summed E-state index contributed by atoms with van der Waals surface area (Å²) in [6, 6.07) is 37.2. The minimum Gasteiger partial charge on any atom is -0.506 e. The smallest absolute Gasteiger partial charge is 0.409 e. The normalized spacial score (nSPS) is 14.2. The van der Waals surface area contributed by atoms with E-state index in [4.69, 9.17) is 0 Å². The Bertz CT molecular complexity index is 2590. The molecule has 1 unspecified atom stereocenters. The van der Waals surface area contributed by atoms with Gasteiger partial charge in [-0.2, -0.15) is 0 Å². The second-order valence-electron chi connectivity index (χ2n) is 16.3. The number of carboxylic acid groups (broad SMARTS) is 1. The first-order valence-corrected chi connectivity index (χ1v) is 21.4. The molecule has 0 aliphatic carbocycles. The molecule has 1 aliphatic heterocycles. The SMILES string of the molecule is CC(Cc1ccc(CC(=O)Nc2cccc(CNC(=O)CCN3CCC(c4cccc(-c5ccccc5)c4NC(=O)O)CC3)c2)cc1)NC[C@H](O)c1ccc(O)c2[nH]c(=O)ccc12. The van der Waals surface area contributed by atoms with E-state index < -0.39 is 12.2 Å². The number of H-pyrrole nitrogens is 1. The lowest BCUT2D eigenvalue weighted by Gasteiger charge is -2.33. The molecule has 2 atom stereocenters. The number of aromatic hydroxyl groups is 1. The molecule has 7 rings (SSSR count). The van der Waals surface area contributed by atoms with E-state index in [1.54, 1.807) is 12.1 Å². The molecule has 13 nitrogen and oxygen atoms in total. The summed E-state index contributed by atoms with van der Waals surface area (Å²) in [5.41, 5.74) is 7.50. The monoisotopic (exact) mass is 850 g/mol. The molecular formula is C50H54N6O7. The molecule has 0 saturated carbocycles. The van der Waals surface area contributed by atoms with Gasteiger partial charge in [0.15, 0.2) is 0 Å². The van der Waals surface area contributed by atoms with E-state index in [0.29, 0.717) is 53.8 Å². The quantitative estimate of drug-likeness (QED) is 0.0464. The second kappa shape index (κ2) is 20.8. The maximum Gasteiger partial charge on any atom is 0.409 e. The van der Waals surface area contributed by atoms with Gasteiger partial charge >= 0.3 is 6.09 Å². The fourth-order valence-corrected chi connectivity index (χ4v) is 8.37. The molecule has 1 fully saturated rings. The number of amides is 3. The van der Waals surface area contributed by atoms with Gasteiger partial charge in [-0.15, -0.1) is 0 Å². The fourth-order valence-electron chi connectivity index (χ4n) is 8.37. The second-order valence-corrected chi connectivity index (χ2v) is 16.3. The largest absolute Gasteiger partial charge is 0.506 e. The summed E-state index contributed by atoms with van der Waals surface area (Å²) in [6.07, 6.45) is 1.03. The number of nitrogens with zero attached hydrogens (tertiary/aromatic N) is 1. The average molecular weight is 851 g/mol. The Morgan fingerprint density at radius 2 is 1.56 bits per heavy atom. The van der Waals surface area contributed by atoms with Crippen molar-refractivity contribution in [2.24, 2.45) is 0 Å². The number of hydrogen-bond acceptors (Lipinski definition) is 8. The average Bonchev–Trinajstić information content (AvgIpc) is 3.28. The van der Waals surface area contributed by atoms with Crippen LogP contribution in [0.5, 0.6) is 5.75 Å². The van der Waals surface area contributed by atoms with Crippen LogP contribution < -0.4 is 26.8 Å². The van der Waals surface area contributed by atoms with E-state index in [9.17, 15) is 34.5 Å². The Morgan fingerprint density at radius 1 is 0.810 bits per heavy atom. The van der Waals surface area contributed by atoms with E-state index >= 15 is 0 Å². The minimum atomic E-state index is -1.09. The number of likely N-dealkylation sites (tertiary alicyclic amines) is 1. The number of phenols is 1. The first-order valence-electron chi connectivity index (χ1n) is 21.4. The molecule has 5 aromatic carbocycles. The number of para-hydroxylation sites is 1. The van der Waals surface area contributed by atoms with Crippen LogP contribution in [-0.2, 0) is 29.0 Å². The van der Waals surface area contributed by atoms with Gasteiger partial charge in [-0.1, -0.05) is 91.0 Å². The van der Waals surface area contributed by atoms with Crippen LogP contribution in [0.1, 0.15) is 66.0 Å². The van der Waals surface area contributed by atoms with Crippen molar-refractivity contribution in [2.45, 2.75) is 63.6 Å². The van der Waals surface area contributed by atoms with E-state index in [2.05, 4.69) is 31.2 Å². The third-order valence-electron chi connectivity index (χ3n) is 11.7. The standard InChI is InChI=1S/C50H54N6O7/c1-32(51-31-44(58)41-17-19-43(57)49-42(41)18-20-46(60)54-49)27-33-13-15-34(16-14-33)29-47(61)53-38-10-5-7-35(28-38)30-52-45(59)23-26-56-24-21-37(22-25-56)40-12-6-11-39(48(40)55-50(62)63)36-8-3-2-4-9-36/h2-20,28,32,37,44,51,55,57-58H,21-27,29-31H2,1H3,(H,52,59)(H,53,61)(H,54,60)(H,62,63)/t32?,44-/m0/s1. The van der Waals surface area contributed by atoms with Crippen LogP contribution in [0.3, 0.4) is 0 Å². The van der Waals surface area contributed by atoms with Gasteiger partial charge in [0.2, 0.25) is 17.4 Å². The molecule has 6 aromatic rings. The number of aliphatic hydroxyl groups excluding tert-OH is 1. The van der Waals surface area contributed by atoms with Crippen LogP contribution in [0.25, 0.3) is 22.0 Å². The molecule has 0 bridgehead atoms. The fraction of sp³-hybridized carbons (Fsp3) is 0.280. The topological polar surface area (TPSA) is 196 Å². The van der Waals surface area contributed by atoms with E-state index in [1.807, 2.05) is 104 Å². The molecule has 0 spiro atoms. The molecule has 1 aromatic heterocycles. The summed E-state index contributed by atoms with van der Waals surface area (Å²) in [7, 11) is 0. The number of piperidine rings is 1. The minimum absolute atomic E-state index is 0.0356.